The molecule has 7 heteroatoms. The number of aromatic nitrogens is 3. The van der Waals surface area contributed by atoms with E-state index in [-0.39, 0.29) is 5.91 Å². The fraction of sp³-hybridized carbons (Fsp3) is 0.632. The Morgan fingerprint density at radius 1 is 1.27 bits per heavy atom. The molecule has 2 aromatic heterocycles. The highest BCUT2D eigenvalue weighted by Crippen LogP contribution is 2.35. The van der Waals surface area contributed by atoms with Crippen molar-refractivity contribution >= 4 is 17.7 Å². The number of piperidine rings is 1. The third-order valence-corrected chi connectivity index (χ3v) is 6.83. The van der Waals surface area contributed by atoms with E-state index in [1.807, 2.05) is 24.6 Å². The smallest absolute Gasteiger partial charge is 0.233 e. The average molecular weight is 375 g/mol. The molecule has 4 rings (SSSR count). The van der Waals surface area contributed by atoms with E-state index in [0.717, 1.165) is 41.2 Å². The molecule has 0 spiro atoms. The number of thioether (sulfide) groups is 1. The van der Waals surface area contributed by atoms with Crippen LogP contribution in [0.2, 0.25) is 0 Å². The summed E-state index contributed by atoms with van der Waals surface area (Å²) in [6, 6.07) is 2.37. The van der Waals surface area contributed by atoms with Crippen LogP contribution < -0.4 is 0 Å². The summed E-state index contributed by atoms with van der Waals surface area (Å²) in [7, 11) is 1.94. The van der Waals surface area contributed by atoms with Gasteiger partial charge < -0.3 is 13.9 Å². The topological polar surface area (TPSA) is 64.2 Å². The molecule has 1 saturated carbocycles. The van der Waals surface area contributed by atoms with Gasteiger partial charge in [-0.1, -0.05) is 24.6 Å². The van der Waals surface area contributed by atoms with Gasteiger partial charge >= 0.3 is 0 Å². The fourth-order valence-corrected chi connectivity index (χ4v) is 5.23. The molecule has 2 atom stereocenters. The van der Waals surface area contributed by atoms with Crippen LogP contribution in [0.15, 0.2) is 21.9 Å². The lowest BCUT2D eigenvalue weighted by atomic mass is 9.78. The molecule has 140 valence electrons. The van der Waals surface area contributed by atoms with Crippen LogP contribution in [0.4, 0.5) is 0 Å². The number of furan rings is 1. The standard InChI is InChI=1S/C19H26N4O2S/c1-13-15(9-11-25-13)18-20-21-19(22(18)2)26-12-17(24)23-10-5-7-14-6-3-4-8-16(14)23/h9,11,14,16H,3-8,10,12H2,1-2H3. The minimum Gasteiger partial charge on any atom is -0.469 e. The molecule has 1 saturated heterocycles. The number of hydrogen-bond acceptors (Lipinski definition) is 5. The second kappa shape index (κ2) is 7.47. The van der Waals surface area contributed by atoms with E-state index in [1.54, 1.807) is 6.26 Å². The van der Waals surface area contributed by atoms with Crippen molar-refractivity contribution in [3.63, 3.8) is 0 Å². The molecule has 26 heavy (non-hydrogen) atoms. The Kier molecular flexibility index (Phi) is 5.07. The van der Waals surface area contributed by atoms with Crippen LogP contribution in [-0.2, 0) is 11.8 Å². The van der Waals surface area contributed by atoms with Gasteiger partial charge in [-0.2, -0.15) is 0 Å². The quantitative estimate of drug-likeness (QED) is 0.764. The van der Waals surface area contributed by atoms with Crippen LogP contribution in [0.25, 0.3) is 11.4 Å². The van der Waals surface area contributed by atoms with Crippen LogP contribution in [0.1, 0.15) is 44.3 Å². The van der Waals surface area contributed by atoms with Crippen LogP contribution in [0.5, 0.6) is 0 Å². The van der Waals surface area contributed by atoms with Gasteiger partial charge in [0.25, 0.3) is 0 Å². The largest absolute Gasteiger partial charge is 0.469 e. The number of amides is 1. The van der Waals surface area contributed by atoms with Crippen LogP contribution in [0.3, 0.4) is 0 Å². The Hall–Kier alpha value is -1.76. The van der Waals surface area contributed by atoms with Gasteiger partial charge in [0, 0.05) is 19.6 Å². The zero-order valence-corrected chi connectivity index (χ0v) is 16.3. The van der Waals surface area contributed by atoms with Gasteiger partial charge in [-0.05, 0) is 44.6 Å². The summed E-state index contributed by atoms with van der Waals surface area (Å²) < 4.78 is 7.30. The molecule has 3 heterocycles. The van der Waals surface area contributed by atoms with E-state index in [2.05, 4.69) is 15.1 Å². The average Bonchev–Trinajstić information content (AvgIpc) is 3.24. The van der Waals surface area contributed by atoms with Crippen molar-refractivity contribution in [1.82, 2.24) is 19.7 Å². The summed E-state index contributed by atoms with van der Waals surface area (Å²) in [4.78, 5) is 15.0. The number of carbonyl (C=O) groups is 1. The zero-order chi connectivity index (χ0) is 18.1. The van der Waals surface area contributed by atoms with Crippen molar-refractivity contribution in [2.24, 2.45) is 13.0 Å². The minimum absolute atomic E-state index is 0.246. The lowest BCUT2D eigenvalue weighted by Crippen LogP contribution is -2.50. The number of likely N-dealkylation sites (tertiary alicyclic amines) is 1. The van der Waals surface area contributed by atoms with Crippen molar-refractivity contribution < 1.29 is 9.21 Å². The lowest BCUT2D eigenvalue weighted by molar-refractivity contribution is -0.134. The second-order valence-corrected chi connectivity index (χ2v) is 8.33. The first-order valence-corrected chi connectivity index (χ1v) is 10.5. The van der Waals surface area contributed by atoms with Gasteiger partial charge in [-0.25, -0.2) is 0 Å². The maximum absolute atomic E-state index is 12.9. The first kappa shape index (κ1) is 17.6. The minimum atomic E-state index is 0.246. The number of fused-ring (bicyclic) bond motifs is 1. The Bertz CT molecular complexity index is 782. The number of nitrogens with zero attached hydrogens (tertiary/aromatic N) is 4. The summed E-state index contributed by atoms with van der Waals surface area (Å²) in [6.45, 7) is 2.83. The van der Waals surface area contributed by atoms with E-state index in [4.69, 9.17) is 4.42 Å². The number of carbonyl (C=O) groups excluding carboxylic acids is 1. The molecule has 0 aromatic carbocycles. The first-order valence-electron chi connectivity index (χ1n) is 9.51. The predicted octanol–water partition coefficient (Wildman–Crippen LogP) is 3.66. The second-order valence-electron chi connectivity index (χ2n) is 7.39. The van der Waals surface area contributed by atoms with Crippen molar-refractivity contribution in [2.45, 2.75) is 56.6 Å². The molecule has 1 aliphatic carbocycles. The van der Waals surface area contributed by atoms with Crippen molar-refractivity contribution in [3.8, 4) is 11.4 Å². The van der Waals surface area contributed by atoms with E-state index in [0.29, 0.717) is 11.8 Å². The molecule has 0 radical (unpaired) electrons. The zero-order valence-electron chi connectivity index (χ0n) is 15.5. The SMILES string of the molecule is Cc1occc1-c1nnc(SCC(=O)N2CCCC3CCCCC32)n1C. The van der Waals surface area contributed by atoms with E-state index in [9.17, 15) is 4.79 Å². The van der Waals surface area contributed by atoms with Gasteiger partial charge in [-0.3, -0.25) is 4.79 Å². The third kappa shape index (κ3) is 3.29. The first-order chi connectivity index (χ1) is 12.6. The highest BCUT2D eigenvalue weighted by atomic mass is 32.2. The van der Waals surface area contributed by atoms with Crippen molar-refractivity contribution in [2.75, 3.05) is 12.3 Å². The van der Waals surface area contributed by atoms with Gasteiger partial charge in [0.2, 0.25) is 5.91 Å². The van der Waals surface area contributed by atoms with Gasteiger partial charge in [-0.15, -0.1) is 10.2 Å². The number of aryl methyl sites for hydroxylation is 1. The highest BCUT2D eigenvalue weighted by Gasteiger charge is 2.35. The summed E-state index contributed by atoms with van der Waals surface area (Å²) in [5.41, 5.74) is 0.944. The highest BCUT2D eigenvalue weighted by molar-refractivity contribution is 7.99. The van der Waals surface area contributed by atoms with Crippen LogP contribution >= 0.6 is 11.8 Å². The van der Waals surface area contributed by atoms with Gasteiger partial charge in [0.15, 0.2) is 11.0 Å². The molecule has 2 fully saturated rings. The summed E-state index contributed by atoms with van der Waals surface area (Å²) in [5.74, 6) is 2.99. The summed E-state index contributed by atoms with van der Waals surface area (Å²) >= 11 is 1.48. The molecule has 0 bridgehead atoms. The lowest BCUT2D eigenvalue weighted by Gasteiger charge is -2.44. The molecule has 1 aliphatic heterocycles. The Morgan fingerprint density at radius 3 is 2.88 bits per heavy atom. The molecule has 2 unspecified atom stereocenters. The van der Waals surface area contributed by atoms with Crippen LogP contribution in [0, 0.1) is 12.8 Å². The molecule has 0 N–H and O–H groups in total. The molecular formula is C19H26N4O2S. The number of rotatable bonds is 4. The predicted molar refractivity (Wildman–Crippen MR) is 101 cm³/mol. The summed E-state index contributed by atoms with van der Waals surface area (Å²) in [5, 5.41) is 9.33. The maximum atomic E-state index is 12.9. The molecule has 2 aliphatic rings. The number of hydrogen-bond donors (Lipinski definition) is 0. The Morgan fingerprint density at radius 2 is 2.08 bits per heavy atom. The molecular weight excluding hydrogens is 348 g/mol. The van der Waals surface area contributed by atoms with Gasteiger partial charge in [0.1, 0.15) is 5.76 Å². The molecule has 2 aromatic rings. The molecule has 1 amide bonds. The van der Waals surface area contributed by atoms with E-state index >= 15 is 0 Å². The van der Waals surface area contributed by atoms with E-state index in [1.165, 1.54) is 43.9 Å². The van der Waals surface area contributed by atoms with E-state index < -0.39 is 0 Å². The van der Waals surface area contributed by atoms with Crippen molar-refractivity contribution in [3.05, 3.63) is 18.1 Å². The Labute approximate surface area is 158 Å². The third-order valence-electron chi connectivity index (χ3n) is 5.82. The Balaban J connectivity index is 1.42. The fourth-order valence-electron chi connectivity index (χ4n) is 4.44. The monoisotopic (exact) mass is 374 g/mol. The van der Waals surface area contributed by atoms with Crippen LogP contribution in [-0.4, -0.2) is 43.9 Å². The van der Waals surface area contributed by atoms with Gasteiger partial charge in [0.05, 0.1) is 17.6 Å². The maximum Gasteiger partial charge on any atom is 0.233 e. The normalized spacial score (nSPS) is 23.1. The molecule has 6 nitrogen and oxygen atoms in total. The summed E-state index contributed by atoms with van der Waals surface area (Å²) in [6.07, 6.45) is 9.14. The van der Waals surface area contributed by atoms with Crippen molar-refractivity contribution in [1.29, 1.82) is 0 Å².